The van der Waals surface area contributed by atoms with E-state index in [0.29, 0.717) is 6.54 Å². The minimum Gasteiger partial charge on any atom is -0.389 e. The summed E-state index contributed by atoms with van der Waals surface area (Å²) in [5.74, 6) is 1.86. The lowest BCUT2D eigenvalue weighted by atomic mass is 10.1. The van der Waals surface area contributed by atoms with Crippen molar-refractivity contribution >= 4 is 17.6 Å². The van der Waals surface area contributed by atoms with Gasteiger partial charge in [0.2, 0.25) is 5.95 Å². The van der Waals surface area contributed by atoms with Crippen LogP contribution in [-0.2, 0) is 0 Å². The summed E-state index contributed by atoms with van der Waals surface area (Å²) >= 11 is 0. The van der Waals surface area contributed by atoms with Gasteiger partial charge in [-0.25, -0.2) is 0 Å². The lowest BCUT2D eigenvalue weighted by Gasteiger charge is -2.37. The van der Waals surface area contributed by atoms with Crippen LogP contribution >= 0.6 is 0 Å². The molecule has 1 aliphatic heterocycles. The first-order valence-corrected chi connectivity index (χ1v) is 6.89. The van der Waals surface area contributed by atoms with Crippen LogP contribution in [0.3, 0.4) is 0 Å². The fourth-order valence-corrected chi connectivity index (χ4v) is 2.42. The fraction of sp³-hybridized carbons (Fsp3) is 0.692. The molecule has 1 fully saturated rings. The molecule has 0 aliphatic carbocycles. The molecule has 0 radical (unpaired) electrons. The Morgan fingerprint density at radius 3 is 2.50 bits per heavy atom. The molecular formula is C13H24N6O. The van der Waals surface area contributed by atoms with Crippen molar-refractivity contribution in [2.45, 2.75) is 19.4 Å². The molecule has 20 heavy (non-hydrogen) atoms. The Balaban J connectivity index is 1.98. The maximum absolute atomic E-state index is 9.86. The summed E-state index contributed by atoms with van der Waals surface area (Å²) in [6.07, 6.45) is 0. The normalized spacial score (nSPS) is 17.3. The van der Waals surface area contributed by atoms with E-state index in [9.17, 15) is 5.11 Å². The number of β-amino-alcohol motifs (C(OH)–C–C–N with tert-alkyl or cyclic N) is 1. The number of hydrogen-bond acceptors (Lipinski definition) is 7. The van der Waals surface area contributed by atoms with Gasteiger partial charge in [0.15, 0.2) is 0 Å². The summed E-state index contributed by atoms with van der Waals surface area (Å²) in [7, 11) is 1.81. The van der Waals surface area contributed by atoms with Crippen LogP contribution in [0.25, 0.3) is 0 Å². The van der Waals surface area contributed by atoms with Crippen LogP contribution in [0.5, 0.6) is 0 Å². The van der Waals surface area contributed by atoms with E-state index in [1.165, 1.54) is 0 Å². The highest BCUT2D eigenvalue weighted by atomic mass is 16.3. The average molecular weight is 280 g/mol. The molecule has 0 amide bonds. The number of piperazine rings is 1. The van der Waals surface area contributed by atoms with E-state index in [1.807, 2.05) is 27.0 Å². The molecule has 1 aromatic rings. The van der Waals surface area contributed by atoms with Gasteiger partial charge in [-0.15, -0.1) is 0 Å². The monoisotopic (exact) mass is 280 g/mol. The van der Waals surface area contributed by atoms with E-state index < -0.39 is 5.60 Å². The Labute approximate surface area is 119 Å². The predicted octanol–water partition coefficient (Wildman–Crippen LogP) is -0.00660. The summed E-state index contributed by atoms with van der Waals surface area (Å²) < 4.78 is 0. The molecule has 0 unspecified atom stereocenters. The molecular weight excluding hydrogens is 256 g/mol. The number of aliphatic hydroxyl groups is 1. The summed E-state index contributed by atoms with van der Waals surface area (Å²) in [4.78, 5) is 12.8. The zero-order valence-corrected chi connectivity index (χ0v) is 12.4. The standard InChI is InChI=1S/C13H24N6O/c1-13(2,20)9-18-4-6-19(7-5-18)11-8-10(15-3)16-12(14)17-11/h8,20H,4-7,9H2,1-3H3,(H3,14,15,16,17). The van der Waals surface area contributed by atoms with Crippen molar-refractivity contribution in [2.75, 3.05) is 55.7 Å². The Bertz CT molecular complexity index is 451. The Morgan fingerprint density at radius 2 is 1.95 bits per heavy atom. The zero-order chi connectivity index (χ0) is 14.8. The molecule has 2 heterocycles. The van der Waals surface area contributed by atoms with Gasteiger partial charge in [-0.3, -0.25) is 4.90 Å². The SMILES string of the molecule is CNc1cc(N2CCN(CC(C)(C)O)CC2)nc(N)n1. The Kier molecular flexibility index (Phi) is 4.29. The van der Waals surface area contributed by atoms with Crippen molar-refractivity contribution in [3.8, 4) is 0 Å². The Morgan fingerprint density at radius 1 is 1.30 bits per heavy atom. The third-order valence-electron chi connectivity index (χ3n) is 3.29. The molecule has 0 aromatic carbocycles. The number of nitrogens with zero attached hydrogens (tertiary/aromatic N) is 4. The summed E-state index contributed by atoms with van der Waals surface area (Å²) in [5, 5.41) is 12.8. The van der Waals surface area contributed by atoms with Crippen LogP contribution < -0.4 is 16.0 Å². The first kappa shape index (κ1) is 14.8. The summed E-state index contributed by atoms with van der Waals surface area (Å²) in [5.41, 5.74) is 5.07. The average Bonchev–Trinajstić information content (AvgIpc) is 2.37. The molecule has 7 heteroatoms. The molecule has 0 atom stereocenters. The van der Waals surface area contributed by atoms with Crippen molar-refractivity contribution in [1.82, 2.24) is 14.9 Å². The van der Waals surface area contributed by atoms with Crippen molar-refractivity contribution in [1.29, 1.82) is 0 Å². The molecule has 2 rings (SSSR count). The number of rotatable bonds is 4. The maximum atomic E-state index is 9.86. The lowest BCUT2D eigenvalue weighted by Crippen LogP contribution is -2.50. The van der Waals surface area contributed by atoms with Crippen LogP contribution in [0.15, 0.2) is 6.07 Å². The number of anilines is 3. The van der Waals surface area contributed by atoms with Gasteiger partial charge in [-0.2, -0.15) is 9.97 Å². The molecule has 112 valence electrons. The van der Waals surface area contributed by atoms with Crippen LogP contribution in [0, 0.1) is 0 Å². The summed E-state index contributed by atoms with van der Waals surface area (Å²) in [6, 6.07) is 1.90. The van der Waals surface area contributed by atoms with Gasteiger partial charge in [-0.1, -0.05) is 0 Å². The van der Waals surface area contributed by atoms with E-state index in [0.717, 1.165) is 37.8 Å². The number of nitrogens with two attached hydrogens (primary N) is 1. The largest absolute Gasteiger partial charge is 0.389 e. The predicted molar refractivity (Wildman–Crippen MR) is 80.9 cm³/mol. The number of aromatic nitrogens is 2. The van der Waals surface area contributed by atoms with E-state index in [1.54, 1.807) is 0 Å². The van der Waals surface area contributed by atoms with Crippen molar-refractivity contribution < 1.29 is 5.11 Å². The van der Waals surface area contributed by atoms with Gasteiger partial charge in [-0.05, 0) is 13.8 Å². The van der Waals surface area contributed by atoms with E-state index in [-0.39, 0.29) is 5.95 Å². The van der Waals surface area contributed by atoms with Gasteiger partial charge in [0, 0.05) is 45.8 Å². The highest BCUT2D eigenvalue weighted by Crippen LogP contribution is 2.19. The third-order valence-corrected chi connectivity index (χ3v) is 3.29. The van der Waals surface area contributed by atoms with Gasteiger partial charge in [0.1, 0.15) is 11.6 Å². The molecule has 0 saturated carbocycles. The van der Waals surface area contributed by atoms with Crippen LogP contribution in [-0.4, -0.2) is 65.3 Å². The fourth-order valence-electron chi connectivity index (χ4n) is 2.42. The highest BCUT2D eigenvalue weighted by molar-refractivity contribution is 5.52. The molecule has 1 aromatic heterocycles. The third kappa shape index (κ3) is 3.94. The van der Waals surface area contributed by atoms with E-state index in [2.05, 4.69) is 25.1 Å². The molecule has 7 nitrogen and oxygen atoms in total. The molecule has 0 bridgehead atoms. The van der Waals surface area contributed by atoms with Crippen LogP contribution in [0.1, 0.15) is 13.8 Å². The molecule has 1 aliphatic rings. The topological polar surface area (TPSA) is 90.5 Å². The minimum atomic E-state index is -0.652. The molecule has 0 spiro atoms. The minimum absolute atomic E-state index is 0.283. The number of nitrogen functional groups attached to an aromatic ring is 1. The molecule has 4 N–H and O–H groups in total. The quantitative estimate of drug-likeness (QED) is 0.715. The number of hydrogen-bond donors (Lipinski definition) is 3. The second kappa shape index (κ2) is 5.80. The smallest absolute Gasteiger partial charge is 0.223 e. The summed E-state index contributed by atoms with van der Waals surface area (Å²) in [6.45, 7) is 7.92. The first-order valence-electron chi connectivity index (χ1n) is 6.89. The first-order chi connectivity index (χ1) is 9.37. The van der Waals surface area contributed by atoms with Crippen LogP contribution in [0.2, 0.25) is 0 Å². The maximum Gasteiger partial charge on any atom is 0.223 e. The highest BCUT2D eigenvalue weighted by Gasteiger charge is 2.23. The van der Waals surface area contributed by atoms with Crippen molar-refractivity contribution in [3.05, 3.63) is 6.07 Å². The second-order valence-corrected chi connectivity index (χ2v) is 5.80. The van der Waals surface area contributed by atoms with Crippen LogP contribution in [0.4, 0.5) is 17.6 Å². The van der Waals surface area contributed by atoms with Gasteiger partial charge in [0.05, 0.1) is 5.60 Å². The van der Waals surface area contributed by atoms with Gasteiger partial charge in [0.25, 0.3) is 0 Å². The zero-order valence-electron chi connectivity index (χ0n) is 12.4. The molecule has 1 saturated heterocycles. The Hall–Kier alpha value is -1.60. The van der Waals surface area contributed by atoms with Crippen molar-refractivity contribution in [2.24, 2.45) is 0 Å². The van der Waals surface area contributed by atoms with Gasteiger partial charge >= 0.3 is 0 Å². The van der Waals surface area contributed by atoms with E-state index in [4.69, 9.17) is 5.73 Å². The number of nitrogens with one attached hydrogen (secondary N) is 1. The van der Waals surface area contributed by atoms with Crippen molar-refractivity contribution in [3.63, 3.8) is 0 Å². The lowest BCUT2D eigenvalue weighted by molar-refractivity contribution is 0.0345. The second-order valence-electron chi connectivity index (χ2n) is 5.80. The van der Waals surface area contributed by atoms with E-state index >= 15 is 0 Å². The van der Waals surface area contributed by atoms with Gasteiger partial charge < -0.3 is 21.1 Å².